The molecule has 100 valence electrons. The molecule has 1 N–H and O–H groups in total. The zero-order valence-corrected chi connectivity index (χ0v) is 11.3. The molecular formula is C17H20O2. The Balaban J connectivity index is 1.90. The summed E-state index contributed by atoms with van der Waals surface area (Å²) in [4.78, 5) is 0. The number of rotatable bonds is 6. The van der Waals surface area contributed by atoms with Crippen LogP contribution in [0.3, 0.4) is 0 Å². The first kappa shape index (κ1) is 13.8. The van der Waals surface area contributed by atoms with Crippen molar-refractivity contribution in [3.63, 3.8) is 0 Å². The Hall–Kier alpha value is -1.64. The van der Waals surface area contributed by atoms with Crippen molar-refractivity contribution < 1.29 is 9.84 Å². The minimum absolute atomic E-state index is 0.406. The van der Waals surface area contributed by atoms with Crippen molar-refractivity contribution in [3.05, 3.63) is 71.3 Å². The maximum absolute atomic E-state index is 10.2. The third kappa shape index (κ3) is 4.19. The molecule has 0 aliphatic rings. The molecule has 1 atom stereocenters. The molecule has 0 spiro atoms. The fourth-order valence-electron chi connectivity index (χ4n) is 2.12. The lowest BCUT2D eigenvalue weighted by molar-refractivity contribution is 0.167. The van der Waals surface area contributed by atoms with Crippen molar-refractivity contribution >= 4 is 0 Å². The molecule has 0 radical (unpaired) electrons. The van der Waals surface area contributed by atoms with Gasteiger partial charge in [0.2, 0.25) is 0 Å². The number of hydrogen-bond donors (Lipinski definition) is 1. The van der Waals surface area contributed by atoms with E-state index in [1.807, 2.05) is 42.5 Å². The summed E-state index contributed by atoms with van der Waals surface area (Å²) >= 11 is 0. The van der Waals surface area contributed by atoms with Crippen LogP contribution in [0.1, 0.15) is 29.2 Å². The quantitative estimate of drug-likeness (QED) is 0.857. The van der Waals surface area contributed by atoms with Crippen LogP contribution >= 0.6 is 0 Å². The lowest BCUT2D eigenvalue weighted by Gasteiger charge is -2.11. The minimum Gasteiger partial charge on any atom is -0.388 e. The summed E-state index contributed by atoms with van der Waals surface area (Å²) in [6, 6.07) is 18.2. The Morgan fingerprint density at radius 3 is 2.26 bits per heavy atom. The van der Waals surface area contributed by atoms with Crippen LogP contribution < -0.4 is 0 Å². The van der Waals surface area contributed by atoms with E-state index in [-0.39, 0.29) is 0 Å². The van der Waals surface area contributed by atoms with Crippen molar-refractivity contribution in [2.45, 2.75) is 25.6 Å². The molecule has 0 saturated carbocycles. The predicted molar refractivity (Wildman–Crippen MR) is 76.9 cm³/mol. The molecule has 0 saturated heterocycles. The Morgan fingerprint density at radius 1 is 0.947 bits per heavy atom. The van der Waals surface area contributed by atoms with Crippen LogP contribution in [0.15, 0.2) is 54.6 Å². The standard InChI is InChI=1S/C17H20O2/c1-19-13-15-7-10-16(11-8-15)17(18)12-9-14-5-3-2-4-6-14/h2-8,10-11,17-18H,9,12-13H2,1H3. The van der Waals surface area contributed by atoms with Gasteiger partial charge in [0, 0.05) is 7.11 Å². The van der Waals surface area contributed by atoms with E-state index >= 15 is 0 Å². The first-order valence-corrected chi connectivity index (χ1v) is 6.59. The number of aliphatic hydroxyl groups is 1. The SMILES string of the molecule is COCc1ccc(C(O)CCc2ccccc2)cc1. The molecule has 0 bridgehead atoms. The van der Waals surface area contributed by atoms with Crippen LogP contribution in [0, 0.1) is 0 Å². The molecular weight excluding hydrogens is 236 g/mol. The lowest BCUT2D eigenvalue weighted by Crippen LogP contribution is -2.00. The summed E-state index contributed by atoms with van der Waals surface area (Å²) in [6.45, 7) is 0.611. The van der Waals surface area contributed by atoms with Crippen LogP contribution in [-0.2, 0) is 17.8 Å². The van der Waals surface area contributed by atoms with Gasteiger partial charge in [0.05, 0.1) is 12.7 Å². The Labute approximate surface area is 114 Å². The third-order valence-electron chi connectivity index (χ3n) is 3.22. The molecule has 1 unspecified atom stereocenters. The van der Waals surface area contributed by atoms with E-state index in [2.05, 4.69) is 12.1 Å². The molecule has 2 aromatic rings. The highest BCUT2D eigenvalue weighted by molar-refractivity contribution is 5.24. The van der Waals surface area contributed by atoms with E-state index < -0.39 is 6.10 Å². The highest BCUT2D eigenvalue weighted by atomic mass is 16.5. The van der Waals surface area contributed by atoms with Crippen LogP contribution in [0.5, 0.6) is 0 Å². The second-order valence-electron chi connectivity index (χ2n) is 4.71. The van der Waals surface area contributed by atoms with Crippen LogP contribution in [0.25, 0.3) is 0 Å². The third-order valence-corrected chi connectivity index (χ3v) is 3.22. The van der Waals surface area contributed by atoms with E-state index in [1.165, 1.54) is 5.56 Å². The van der Waals surface area contributed by atoms with Gasteiger partial charge in [-0.1, -0.05) is 54.6 Å². The smallest absolute Gasteiger partial charge is 0.0793 e. The molecule has 2 nitrogen and oxygen atoms in total. The molecule has 0 aliphatic heterocycles. The molecule has 0 amide bonds. The van der Waals surface area contributed by atoms with Crippen molar-refractivity contribution in [2.24, 2.45) is 0 Å². The number of benzene rings is 2. The number of aryl methyl sites for hydroxylation is 1. The molecule has 0 fully saturated rings. The average Bonchev–Trinajstić information content (AvgIpc) is 2.47. The molecule has 19 heavy (non-hydrogen) atoms. The number of aliphatic hydroxyl groups excluding tert-OH is 1. The minimum atomic E-state index is -0.406. The highest BCUT2D eigenvalue weighted by Gasteiger charge is 2.07. The average molecular weight is 256 g/mol. The van der Waals surface area contributed by atoms with Gasteiger partial charge in [0.15, 0.2) is 0 Å². The second kappa shape index (κ2) is 7.07. The van der Waals surface area contributed by atoms with Gasteiger partial charge >= 0.3 is 0 Å². The maximum Gasteiger partial charge on any atom is 0.0793 e. The fraction of sp³-hybridized carbons (Fsp3) is 0.294. The van der Waals surface area contributed by atoms with Gasteiger partial charge in [-0.25, -0.2) is 0 Å². The zero-order chi connectivity index (χ0) is 13.5. The summed E-state index contributed by atoms with van der Waals surface area (Å²) < 4.78 is 5.07. The molecule has 0 aromatic heterocycles. The highest BCUT2D eigenvalue weighted by Crippen LogP contribution is 2.19. The van der Waals surface area contributed by atoms with Gasteiger partial charge in [-0.05, 0) is 29.5 Å². The molecule has 2 rings (SSSR count). The Morgan fingerprint density at radius 2 is 1.63 bits per heavy atom. The number of ether oxygens (including phenoxy) is 1. The maximum atomic E-state index is 10.2. The van der Waals surface area contributed by atoms with Gasteiger partial charge < -0.3 is 9.84 Å². The van der Waals surface area contributed by atoms with Gasteiger partial charge in [0.1, 0.15) is 0 Å². The first-order chi connectivity index (χ1) is 9.29. The molecule has 2 heteroatoms. The van der Waals surface area contributed by atoms with E-state index in [0.29, 0.717) is 6.61 Å². The van der Waals surface area contributed by atoms with E-state index in [9.17, 15) is 5.11 Å². The first-order valence-electron chi connectivity index (χ1n) is 6.59. The van der Waals surface area contributed by atoms with Gasteiger partial charge in [0.25, 0.3) is 0 Å². The Bertz CT molecular complexity index is 476. The molecule has 0 aliphatic carbocycles. The van der Waals surface area contributed by atoms with Crippen molar-refractivity contribution in [3.8, 4) is 0 Å². The van der Waals surface area contributed by atoms with Gasteiger partial charge in [-0.15, -0.1) is 0 Å². The zero-order valence-electron chi connectivity index (χ0n) is 11.3. The molecule has 0 heterocycles. The van der Waals surface area contributed by atoms with Crippen molar-refractivity contribution in [2.75, 3.05) is 7.11 Å². The van der Waals surface area contributed by atoms with Crippen LogP contribution in [0.2, 0.25) is 0 Å². The van der Waals surface area contributed by atoms with Crippen LogP contribution in [0.4, 0.5) is 0 Å². The molecule has 2 aromatic carbocycles. The fourth-order valence-corrected chi connectivity index (χ4v) is 2.12. The van der Waals surface area contributed by atoms with Crippen LogP contribution in [-0.4, -0.2) is 12.2 Å². The summed E-state index contributed by atoms with van der Waals surface area (Å²) in [7, 11) is 1.68. The summed E-state index contributed by atoms with van der Waals surface area (Å²) in [5, 5.41) is 10.2. The van der Waals surface area contributed by atoms with Gasteiger partial charge in [-0.3, -0.25) is 0 Å². The predicted octanol–water partition coefficient (Wildman–Crippen LogP) is 3.50. The second-order valence-corrected chi connectivity index (χ2v) is 4.71. The monoisotopic (exact) mass is 256 g/mol. The van der Waals surface area contributed by atoms with E-state index in [1.54, 1.807) is 7.11 Å². The topological polar surface area (TPSA) is 29.5 Å². The lowest BCUT2D eigenvalue weighted by atomic mass is 10.0. The number of methoxy groups -OCH3 is 1. The van der Waals surface area contributed by atoms with Gasteiger partial charge in [-0.2, -0.15) is 0 Å². The van der Waals surface area contributed by atoms with E-state index in [4.69, 9.17) is 4.74 Å². The van der Waals surface area contributed by atoms with Crippen molar-refractivity contribution in [1.82, 2.24) is 0 Å². The normalized spacial score (nSPS) is 12.3. The summed E-state index contributed by atoms with van der Waals surface area (Å²) in [6.07, 6.45) is 1.23. The largest absolute Gasteiger partial charge is 0.388 e. The number of hydrogen-bond acceptors (Lipinski definition) is 2. The Kier molecular flexibility index (Phi) is 5.13. The summed E-state index contributed by atoms with van der Waals surface area (Å²) in [5.74, 6) is 0. The van der Waals surface area contributed by atoms with Crippen molar-refractivity contribution in [1.29, 1.82) is 0 Å². The summed E-state index contributed by atoms with van der Waals surface area (Å²) in [5.41, 5.74) is 3.36. The van der Waals surface area contributed by atoms with E-state index in [0.717, 1.165) is 24.0 Å².